The number of benzene rings is 1. The van der Waals surface area contributed by atoms with Crippen LogP contribution in [0, 0.1) is 31.6 Å². The lowest BCUT2D eigenvalue weighted by atomic mass is 9.84. The summed E-state index contributed by atoms with van der Waals surface area (Å²) < 4.78 is 6.52. The molecule has 1 aromatic rings. The van der Waals surface area contributed by atoms with Crippen LogP contribution in [0.3, 0.4) is 0 Å². The molecule has 0 saturated carbocycles. The zero-order chi connectivity index (χ0) is 22.3. The number of phenols is 1. The van der Waals surface area contributed by atoms with Crippen LogP contribution in [-0.4, -0.2) is 10.7 Å². The van der Waals surface area contributed by atoms with E-state index in [2.05, 4.69) is 41.5 Å². The first kappa shape index (κ1) is 25.1. The van der Waals surface area contributed by atoms with E-state index in [1.165, 1.54) is 56.9 Å². The Morgan fingerprint density at radius 1 is 0.933 bits per heavy atom. The third-order valence-corrected chi connectivity index (χ3v) is 7.35. The zero-order valence-electron chi connectivity index (χ0n) is 20.9. The molecule has 0 radical (unpaired) electrons. The molecule has 1 aromatic carbocycles. The quantitative estimate of drug-likeness (QED) is 0.370. The summed E-state index contributed by atoms with van der Waals surface area (Å²) in [7, 11) is 0. The van der Waals surface area contributed by atoms with Gasteiger partial charge in [0.05, 0.1) is 0 Å². The summed E-state index contributed by atoms with van der Waals surface area (Å²) in [6.45, 7) is 15.9. The molecular formula is C28H48O2. The van der Waals surface area contributed by atoms with Crippen molar-refractivity contribution < 1.29 is 9.84 Å². The minimum atomic E-state index is -0.0637. The van der Waals surface area contributed by atoms with Crippen molar-refractivity contribution in [1.29, 1.82) is 0 Å². The highest BCUT2D eigenvalue weighted by Crippen LogP contribution is 2.42. The fourth-order valence-corrected chi connectivity index (χ4v) is 5.05. The first-order valence-corrected chi connectivity index (χ1v) is 12.6. The van der Waals surface area contributed by atoms with Gasteiger partial charge in [0, 0.05) is 5.56 Å². The molecule has 0 aliphatic carbocycles. The summed E-state index contributed by atoms with van der Waals surface area (Å²) in [4.78, 5) is 0. The van der Waals surface area contributed by atoms with Crippen molar-refractivity contribution in [3.63, 3.8) is 0 Å². The number of aromatic hydroxyl groups is 1. The summed E-state index contributed by atoms with van der Waals surface area (Å²) in [6, 6.07) is 1.85. The highest BCUT2D eigenvalue weighted by Gasteiger charge is 2.33. The Morgan fingerprint density at radius 2 is 1.50 bits per heavy atom. The SMILES string of the molecule is Cc1cc(O)c(C)c2c1OC(C)(CCCC(C)CCCC(C)CCCC(C)C)CC2. The monoisotopic (exact) mass is 416 g/mol. The van der Waals surface area contributed by atoms with Crippen LogP contribution in [0.15, 0.2) is 6.07 Å². The van der Waals surface area contributed by atoms with E-state index in [0.29, 0.717) is 5.75 Å². The number of fused-ring (bicyclic) bond motifs is 1. The molecule has 0 saturated heterocycles. The van der Waals surface area contributed by atoms with Crippen molar-refractivity contribution in [3.05, 3.63) is 22.8 Å². The van der Waals surface area contributed by atoms with Gasteiger partial charge in [-0.25, -0.2) is 0 Å². The maximum Gasteiger partial charge on any atom is 0.126 e. The molecule has 1 aliphatic heterocycles. The van der Waals surface area contributed by atoms with E-state index in [0.717, 1.165) is 53.9 Å². The fraction of sp³-hybridized carbons (Fsp3) is 0.786. The van der Waals surface area contributed by atoms with Crippen LogP contribution in [0.4, 0.5) is 0 Å². The van der Waals surface area contributed by atoms with Gasteiger partial charge in [-0.15, -0.1) is 0 Å². The van der Waals surface area contributed by atoms with Crippen molar-refractivity contribution >= 4 is 0 Å². The highest BCUT2D eigenvalue weighted by molar-refractivity contribution is 5.53. The molecule has 3 unspecified atom stereocenters. The van der Waals surface area contributed by atoms with Crippen molar-refractivity contribution in [2.75, 3.05) is 0 Å². The van der Waals surface area contributed by atoms with Gasteiger partial charge in [-0.3, -0.25) is 0 Å². The standard InChI is InChI=1S/C28H48O2/c1-20(2)11-8-12-21(3)13-9-14-22(4)15-10-17-28(7)18-16-25-24(6)26(29)19-23(5)27(25)30-28/h19-22,29H,8-18H2,1-7H3. The molecular weight excluding hydrogens is 368 g/mol. The van der Waals surface area contributed by atoms with E-state index in [4.69, 9.17) is 4.74 Å². The lowest BCUT2D eigenvalue weighted by molar-refractivity contribution is 0.0512. The zero-order valence-corrected chi connectivity index (χ0v) is 20.9. The average Bonchev–Trinajstić information content (AvgIpc) is 2.66. The van der Waals surface area contributed by atoms with Gasteiger partial charge in [-0.05, 0) is 81.4 Å². The maximum atomic E-state index is 10.1. The first-order chi connectivity index (χ1) is 14.1. The molecule has 2 heteroatoms. The van der Waals surface area contributed by atoms with Crippen molar-refractivity contribution in [3.8, 4) is 11.5 Å². The molecule has 1 N–H and O–H groups in total. The van der Waals surface area contributed by atoms with Gasteiger partial charge in [0.2, 0.25) is 0 Å². The third-order valence-electron chi connectivity index (χ3n) is 7.35. The van der Waals surface area contributed by atoms with Crippen molar-refractivity contribution in [1.82, 2.24) is 0 Å². The number of phenolic OH excluding ortho intramolecular Hbond substituents is 1. The minimum absolute atomic E-state index is 0.0637. The van der Waals surface area contributed by atoms with Gasteiger partial charge in [-0.2, -0.15) is 0 Å². The molecule has 0 amide bonds. The fourth-order valence-electron chi connectivity index (χ4n) is 5.05. The number of ether oxygens (including phenoxy) is 1. The van der Waals surface area contributed by atoms with Crippen LogP contribution in [-0.2, 0) is 6.42 Å². The Kier molecular flexibility index (Phi) is 9.57. The molecule has 30 heavy (non-hydrogen) atoms. The second-order valence-corrected chi connectivity index (χ2v) is 11.1. The Balaban J connectivity index is 1.69. The van der Waals surface area contributed by atoms with Crippen LogP contribution < -0.4 is 4.74 Å². The van der Waals surface area contributed by atoms with Crippen molar-refractivity contribution in [2.45, 2.75) is 125 Å². The largest absolute Gasteiger partial charge is 0.508 e. The van der Waals surface area contributed by atoms with Crippen LogP contribution in [0.1, 0.15) is 116 Å². The van der Waals surface area contributed by atoms with Gasteiger partial charge in [0.25, 0.3) is 0 Å². The van der Waals surface area contributed by atoms with E-state index in [1.54, 1.807) is 0 Å². The van der Waals surface area contributed by atoms with E-state index >= 15 is 0 Å². The summed E-state index contributed by atoms with van der Waals surface area (Å²) in [5.41, 5.74) is 3.20. The first-order valence-electron chi connectivity index (χ1n) is 12.6. The second kappa shape index (κ2) is 11.4. The van der Waals surface area contributed by atoms with Gasteiger partial charge in [0.1, 0.15) is 17.1 Å². The van der Waals surface area contributed by atoms with E-state index in [1.807, 2.05) is 13.0 Å². The van der Waals surface area contributed by atoms with Crippen LogP contribution in [0.25, 0.3) is 0 Å². The van der Waals surface area contributed by atoms with Crippen LogP contribution in [0.5, 0.6) is 11.5 Å². The molecule has 1 aliphatic rings. The predicted octanol–water partition coefficient (Wildman–Crippen LogP) is 8.53. The number of hydrogen-bond donors (Lipinski definition) is 1. The molecule has 2 rings (SSSR count). The Hall–Kier alpha value is -1.18. The number of hydrogen-bond acceptors (Lipinski definition) is 2. The van der Waals surface area contributed by atoms with E-state index in [9.17, 15) is 5.11 Å². The van der Waals surface area contributed by atoms with Crippen LogP contribution >= 0.6 is 0 Å². The lowest BCUT2D eigenvalue weighted by Crippen LogP contribution is -2.37. The molecule has 0 aromatic heterocycles. The lowest BCUT2D eigenvalue weighted by Gasteiger charge is -2.37. The molecule has 172 valence electrons. The van der Waals surface area contributed by atoms with Gasteiger partial charge in [0.15, 0.2) is 0 Å². The number of aryl methyl sites for hydroxylation is 1. The molecule has 0 fully saturated rings. The minimum Gasteiger partial charge on any atom is -0.508 e. The third kappa shape index (κ3) is 7.50. The topological polar surface area (TPSA) is 29.5 Å². The van der Waals surface area contributed by atoms with Gasteiger partial charge >= 0.3 is 0 Å². The van der Waals surface area contributed by atoms with Gasteiger partial charge < -0.3 is 9.84 Å². The van der Waals surface area contributed by atoms with Crippen LogP contribution in [0.2, 0.25) is 0 Å². The summed E-state index contributed by atoms with van der Waals surface area (Å²) in [6.07, 6.45) is 14.1. The smallest absolute Gasteiger partial charge is 0.126 e. The van der Waals surface area contributed by atoms with E-state index in [-0.39, 0.29) is 5.60 Å². The van der Waals surface area contributed by atoms with E-state index < -0.39 is 0 Å². The summed E-state index contributed by atoms with van der Waals surface area (Å²) >= 11 is 0. The predicted molar refractivity (Wildman–Crippen MR) is 130 cm³/mol. The summed E-state index contributed by atoms with van der Waals surface area (Å²) in [5.74, 6) is 3.98. The summed E-state index contributed by atoms with van der Waals surface area (Å²) in [5, 5.41) is 10.1. The Labute approximate surface area is 186 Å². The Morgan fingerprint density at radius 3 is 2.10 bits per heavy atom. The van der Waals surface area contributed by atoms with Gasteiger partial charge in [-0.1, -0.05) is 72.6 Å². The number of rotatable bonds is 12. The highest BCUT2D eigenvalue weighted by atomic mass is 16.5. The van der Waals surface area contributed by atoms with Crippen molar-refractivity contribution in [2.24, 2.45) is 17.8 Å². The second-order valence-electron chi connectivity index (χ2n) is 11.1. The Bertz CT molecular complexity index is 663. The molecule has 2 nitrogen and oxygen atoms in total. The average molecular weight is 417 g/mol. The normalized spacial score (nSPS) is 20.7. The molecule has 0 spiro atoms. The molecule has 1 heterocycles. The maximum absolute atomic E-state index is 10.1. The molecule has 0 bridgehead atoms. The molecule has 3 atom stereocenters.